The van der Waals surface area contributed by atoms with Crippen LogP contribution in [-0.4, -0.2) is 14.2 Å². The molecule has 0 aromatic heterocycles. The Balaban J connectivity index is 2.90. The molecule has 0 amide bonds. The van der Waals surface area contributed by atoms with Crippen LogP contribution in [-0.2, 0) is 16.7 Å². The largest absolute Gasteiger partial charge is 0.380 e. The lowest BCUT2D eigenvalue weighted by Gasteiger charge is -2.26. The third kappa shape index (κ3) is 6.73. The van der Waals surface area contributed by atoms with Gasteiger partial charge in [0.15, 0.2) is 11.5 Å². The number of ketones is 1. The summed E-state index contributed by atoms with van der Waals surface area (Å²) >= 11 is 0. The highest BCUT2D eigenvalue weighted by Crippen LogP contribution is 2.42. The smallest absolute Gasteiger partial charge is 0.370 e. The van der Waals surface area contributed by atoms with Crippen molar-refractivity contribution in [2.45, 2.75) is 105 Å². The maximum absolute atomic E-state index is 14.2. The minimum absolute atomic E-state index is 0.0138. The number of benzene rings is 2. The third-order valence-corrected chi connectivity index (χ3v) is 6.90. The molecule has 2 aromatic rings. The molecule has 2 N–H and O–H groups in total. The van der Waals surface area contributed by atoms with E-state index in [1.54, 1.807) is 0 Å². The van der Waals surface area contributed by atoms with Gasteiger partial charge in [-0.25, -0.2) is 0 Å². The summed E-state index contributed by atoms with van der Waals surface area (Å²) < 4.78 is 29.5. The molecular formula is C29H43NO4S. The molecule has 2 aromatic carbocycles. The second-order valence-electron chi connectivity index (χ2n) is 11.0. The standard InChI is InChI=1S/C29H43NO4S/c1-16(2)21-12-11-13-22(17(3)4)25(21)15-26(31)28-23(18(5)6)14-24(19(7)8)29(27(28)20(9)10)34-35(30,32)33/h11-14,16-20H,15H2,1-10H3,(H2,30,32,33). The summed E-state index contributed by atoms with van der Waals surface area (Å²) in [4.78, 5) is 14.2. The van der Waals surface area contributed by atoms with E-state index in [1.807, 2.05) is 33.8 Å². The summed E-state index contributed by atoms with van der Waals surface area (Å²) in [6.07, 6.45) is 0.247. The summed E-state index contributed by atoms with van der Waals surface area (Å²) in [6, 6.07) is 8.20. The Morgan fingerprint density at radius 3 is 1.60 bits per heavy atom. The predicted octanol–water partition coefficient (Wildman–Crippen LogP) is 7.31. The van der Waals surface area contributed by atoms with Gasteiger partial charge in [-0.3, -0.25) is 4.79 Å². The zero-order valence-electron chi connectivity index (χ0n) is 23.0. The van der Waals surface area contributed by atoms with Crippen molar-refractivity contribution in [3.8, 4) is 5.75 Å². The van der Waals surface area contributed by atoms with E-state index in [2.05, 4.69) is 59.7 Å². The average molecular weight is 502 g/mol. The number of carbonyl (C=O) groups is 1. The summed E-state index contributed by atoms with van der Waals surface area (Å²) in [5.74, 6) is 0.628. The molecule has 0 unspecified atom stereocenters. The fourth-order valence-corrected chi connectivity index (χ4v) is 5.26. The number of Topliss-reactive ketones (excluding diaryl/α,β-unsaturated/α-hetero) is 1. The van der Waals surface area contributed by atoms with Crippen LogP contribution in [0.4, 0.5) is 0 Å². The van der Waals surface area contributed by atoms with Gasteiger partial charge in [-0.1, -0.05) is 93.5 Å². The maximum Gasteiger partial charge on any atom is 0.380 e. The van der Waals surface area contributed by atoms with E-state index in [-0.39, 0.29) is 47.5 Å². The van der Waals surface area contributed by atoms with Crippen LogP contribution < -0.4 is 9.32 Å². The second kappa shape index (κ2) is 11.3. The fourth-order valence-electron chi connectivity index (χ4n) is 4.84. The van der Waals surface area contributed by atoms with Crippen LogP contribution in [0.15, 0.2) is 24.3 Å². The molecule has 2 rings (SSSR count). The number of nitrogens with two attached hydrogens (primary N) is 1. The van der Waals surface area contributed by atoms with Crippen LogP contribution in [0.5, 0.6) is 5.75 Å². The van der Waals surface area contributed by atoms with E-state index in [0.29, 0.717) is 11.1 Å². The SMILES string of the molecule is CC(C)c1cccc(C(C)C)c1CC(=O)c1c(C(C)C)cc(C(C)C)c(OS(N)(=O)=O)c1C(C)C. The van der Waals surface area contributed by atoms with E-state index in [4.69, 9.17) is 9.32 Å². The van der Waals surface area contributed by atoms with Crippen molar-refractivity contribution >= 4 is 16.1 Å². The van der Waals surface area contributed by atoms with Crippen molar-refractivity contribution in [2.75, 3.05) is 0 Å². The van der Waals surface area contributed by atoms with Crippen molar-refractivity contribution in [2.24, 2.45) is 5.14 Å². The lowest BCUT2D eigenvalue weighted by Crippen LogP contribution is -2.23. The highest BCUT2D eigenvalue weighted by atomic mass is 32.2. The number of carbonyl (C=O) groups excluding carboxylic acids is 1. The molecule has 0 heterocycles. The lowest BCUT2D eigenvalue weighted by atomic mass is 9.79. The zero-order chi connectivity index (χ0) is 26.8. The summed E-state index contributed by atoms with van der Waals surface area (Å²) in [6.45, 7) is 20.6. The van der Waals surface area contributed by atoms with Crippen LogP contribution in [0.2, 0.25) is 0 Å². The zero-order valence-corrected chi connectivity index (χ0v) is 23.8. The van der Waals surface area contributed by atoms with Gasteiger partial charge in [0, 0.05) is 17.5 Å². The molecule has 0 aliphatic heterocycles. The molecule has 0 fully saturated rings. The fraction of sp³-hybridized carbons (Fsp3) is 0.552. The van der Waals surface area contributed by atoms with Crippen LogP contribution >= 0.6 is 0 Å². The van der Waals surface area contributed by atoms with Crippen molar-refractivity contribution in [3.05, 3.63) is 63.2 Å². The van der Waals surface area contributed by atoms with Crippen molar-refractivity contribution in [3.63, 3.8) is 0 Å². The highest BCUT2D eigenvalue weighted by molar-refractivity contribution is 7.84. The molecule has 0 aliphatic rings. The van der Waals surface area contributed by atoms with Crippen LogP contribution in [0.1, 0.15) is 143 Å². The Morgan fingerprint density at radius 1 is 0.771 bits per heavy atom. The average Bonchev–Trinajstić information content (AvgIpc) is 2.70. The molecule has 0 radical (unpaired) electrons. The Hall–Kier alpha value is -2.18. The van der Waals surface area contributed by atoms with Gasteiger partial charge in [0.25, 0.3) is 0 Å². The molecule has 0 aliphatic carbocycles. The lowest BCUT2D eigenvalue weighted by molar-refractivity contribution is 0.0989. The van der Waals surface area contributed by atoms with Crippen molar-refractivity contribution in [1.29, 1.82) is 0 Å². The van der Waals surface area contributed by atoms with E-state index in [1.165, 1.54) is 11.1 Å². The van der Waals surface area contributed by atoms with E-state index in [0.717, 1.165) is 16.7 Å². The summed E-state index contributed by atoms with van der Waals surface area (Å²) in [5.41, 5.74) is 6.24. The quantitative estimate of drug-likeness (QED) is 0.346. The monoisotopic (exact) mass is 501 g/mol. The molecule has 0 saturated heterocycles. The molecule has 0 atom stereocenters. The number of hydrogen-bond donors (Lipinski definition) is 1. The van der Waals surface area contributed by atoms with Gasteiger partial charge in [0.1, 0.15) is 0 Å². The van der Waals surface area contributed by atoms with E-state index >= 15 is 0 Å². The van der Waals surface area contributed by atoms with Gasteiger partial charge in [-0.15, -0.1) is 0 Å². The van der Waals surface area contributed by atoms with Crippen molar-refractivity contribution in [1.82, 2.24) is 0 Å². The Bertz CT molecular complexity index is 1150. The Kier molecular flexibility index (Phi) is 9.34. The molecule has 35 heavy (non-hydrogen) atoms. The van der Waals surface area contributed by atoms with Gasteiger partial charge in [0.2, 0.25) is 0 Å². The maximum atomic E-state index is 14.2. The normalized spacial score (nSPS) is 12.5. The van der Waals surface area contributed by atoms with E-state index < -0.39 is 10.3 Å². The molecular weight excluding hydrogens is 458 g/mol. The van der Waals surface area contributed by atoms with Crippen LogP contribution in [0, 0.1) is 0 Å². The first-order valence-electron chi connectivity index (χ1n) is 12.6. The number of rotatable bonds is 10. The minimum atomic E-state index is -4.27. The molecule has 6 heteroatoms. The Morgan fingerprint density at radius 2 is 1.23 bits per heavy atom. The Labute approximate surface area is 212 Å². The van der Waals surface area contributed by atoms with Gasteiger partial charge in [0.05, 0.1) is 0 Å². The van der Waals surface area contributed by atoms with Gasteiger partial charge < -0.3 is 4.18 Å². The molecule has 0 saturated carbocycles. The molecule has 0 spiro atoms. The molecule has 5 nitrogen and oxygen atoms in total. The summed E-state index contributed by atoms with van der Waals surface area (Å²) in [7, 11) is -4.27. The third-order valence-electron chi connectivity index (χ3n) is 6.51. The molecule has 0 bridgehead atoms. The number of hydrogen-bond acceptors (Lipinski definition) is 4. The van der Waals surface area contributed by atoms with Gasteiger partial charge in [-0.05, 0) is 57.4 Å². The predicted molar refractivity (Wildman–Crippen MR) is 145 cm³/mol. The van der Waals surface area contributed by atoms with Crippen molar-refractivity contribution < 1.29 is 17.4 Å². The second-order valence-corrected chi connectivity index (χ2v) is 12.2. The van der Waals surface area contributed by atoms with Gasteiger partial charge >= 0.3 is 10.3 Å². The first-order valence-corrected chi connectivity index (χ1v) is 14.1. The first kappa shape index (κ1) is 29.1. The first-order chi connectivity index (χ1) is 16.1. The molecule has 194 valence electrons. The minimum Gasteiger partial charge on any atom is -0.370 e. The topological polar surface area (TPSA) is 86.5 Å². The van der Waals surface area contributed by atoms with Crippen LogP contribution in [0.25, 0.3) is 0 Å². The van der Waals surface area contributed by atoms with E-state index in [9.17, 15) is 13.2 Å². The van der Waals surface area contributed by atoms with Crippen LogP contribution in [0.3, 0.4) is 0 Å². The summed E-state index contributed by atoms with van der Waals surface area (Å²) in [5, 5.41) is 5.32. The highest BCUT2D eigenvalue weighted by Gasteiger charge is 2.30. The van der Waals surface area contributed by atoms with Gasteiger partial charge in [-0.2, -0.15) is 13.6 Å².